The van der Waals surface area contributed by atoms with Crippen molar-refractivity contribution in [2.75, 3.05) is 38.1 Å². The highest BCUT2D eigenvalue weighted by Crippen LogP contribution is 2.31. The van der Waals surface area contributed by atoms with Crippen LogP contribution >= 0.6 is 23.2 Å². The Kier molecular flexibility index (Phi) is 19.3. The highest BCUT2D eigenvalue weighted by Gasteiger charge is 2.13. The number of halogens is 2. The van der Waals surface area contributed by atoms with Crippen molar-refractivity contribution in [3.63, 3.8) is 0 Å². The second-order valence-electron chi connectivity index (χ2n) is 13.6. The Morgan fingerprint density at radius 1 is 0.561 bits per heavy atom. The van der Waals surface area contributed by atoms with Crippen LogP contribution in [-0.4, -0.2) is 69.6 Å². The van der Waals surface area contributed by atoms with Gasteiger partial charge >= 0.3 is 0 Å². The minimum atomic E-state index is -0.613. The zero-order chi connectivity index (χ0) is 47.3. The average Bonchev–Trinajstić information content (AvgIpc) is 3.35. The van der Waals surface area contributed by atoms with Gasteiger partial charge in [0.15, 0.2) is 11.6 Å². The molecule has 2 amide bonds. The van der Waals surface area contributed by atoms with Gasteiger partial charge in [-0.25, -0.2) is 0 Å². The minimum Gasteiger partial charge on any atom is -0.487 e. The van der Waals surface area contributed by atoms with E-state index in [0.717, 1.165) is 51.7 Å². The molecule has 8 rings (SSSR count). The van der Waals surface area contributed by atoms with Crippen molar-refractivity contribution < 1.29 is 28.5 Å². The molecule has 0 bridgehead atoms. The van der Waals surface area contributed by atoms with Crippen molar-refractivity contribution in [3.8, 4) is 11.6 Å². The Hall–Kier alpha value is -7.50. The van der Waals surface area contributed by atoms with Crippen LogP contribution in [0.2, 0.25) is 10.0 Å². The van der Waals surface area contributed by atoms with Crippen LogP contribution in [-0.2, 0) is 22.7 Å². The molecule has 0 aliphatic carbocycles. The summed E-state index contributed by atoms with van der Waals surface area (Å²) in [5.41, 5.74) is 14.0. The maximum atomic E-state index is 11.3. The smallest absolute Gasteiger partial charge is 0.267 e. The first kappa shape index (κ1) is 49.5. The lowest BCUT2D eigenvalue weighted by atomic mass is 10.1. The molecule has 6 N–H and O–H groups in total. The third-order valence-corrected chi connectivity index (χ3v) is 9.52. The van der Waals surface area contributed by atoms with Crippen LogP contribution in [0.3, 0.4) is 0 Å². The van der Waals surface area contributed by atoms with Crippen LogP contribution in [0, 0.1) is 0 Å². The van der Waals surface area contributed by atoms with E-state index in [1.807, 2.05) is 86.6 Å². The fourth-order valence-electron chi connectivity index (χ4n) is 5.61. The molecule has 0 saturated carbocycles. The van der Waals surface area contributed by atoms with Gasteiger partial charge in [-0.15, -0.1) is 20.4 Å². The number of primary amides is 2. The summed E-state index contributed by atoms with van der Waals surface area (Å²) < 4.78 is 20.7. The highest BCUT2D eigenvalue weighted by molar-refractivity contribution is 6.31. The van der Waals surface area contributed by atoms with Gasteiger partial charge in [0.1, 0.15) is 36.0 Å². The molecule has 16 nitrogen and oxygen atoms in total. The SMILES string of the molecule is CCOC.CCOC.NC(=O)c1cc(COc2nnc(Nc3ccc(Cl)cc3)c3ccccc23)ccn1.NC(=O)c1cc(OCc2nnc(Nc3ccc(Cl)cc3)c3ccccc23)ccn1. The zero-order valence-electron chi connectivity index (χ0n) is 36.6. The van der Waals surface area contributed by atoms with Crippen molar-refractivity contribution in [2.45, 2.75) is 27.1 Å². The highest BCUT2D eigenvalue weighted by atomic mass is 35.5. The van der Waals surface area contributed by atoms with Crippen LogP contribution in [0.1, 0.15) is 46.1 Å². The predicted molar refractivity (Wildman–Crippen MR) is 258 cm³/mol. The topological polar surface area (TPSA) is 224 Å². The first-order chi connectivity index (χ1) is 32.0. The molecule has 0 saturated heterocycles. The lowest BCUT2D eigenvalue weighted by Gasteiger charge is -2.12. The lowest BCUT2D eigenvalue weighted by molar-refractivity contribution is 0.0987. The number of nitrogens with two attached hydrogens (primary N) is 2. The molecule has 4 aromatic carbocycles. The summed E-state index contributed by atoms with van der Waals surface area (Å²) in [5, 5.41) is 28.5. The van der Waals surface area contributed by atoms with E-state index in [0.29, 0.717) is 39.0 Å². The Balaban J connectivity index is 0.000000213. The van der Waals surface area contributed by atoms with Gasteiger partial charge in [0, 0.05) is 88.9 Å². The summed E-state index contributed by atoms with van der Waals surface area (Å²) in [7, 11) is 3.36. The van der Waals surface area contributed by atoms with Gasteiger partial charge in [0.05, 0.1) is 0 Å². The monoisotopic (exact) mass is 930 g/mol. The molecule has 0 spiro atoms. The van der Waals surface area contributed by atoms with Gasteiger partial charge in [-0.1, -0.05) is 65.7 Å². The van der Waals surface area contributed by atoms with E-state index in [4.69, 9.17) is 44.1 Å². The molecule has 0 aliphatic heterocycles. The number of carbonyl (C=O) groups excluding carboxylic acids is 2. The second-order valence-corrected chi connectivity index (χ2v) is 14.5. The molecule has 340 valence electrons. The van der Waals surface area contributed by atoms with Crippen LogP contribution in [0.15, 0.2) is 134 Å². The lowest BCUT2D eigenvalue weighted by Crippen LogP contribution is -2.13. The summed E-state index contributed by atoms with van der Waals surface area (Å²) in [6.45, 7) is 5.93. The molecular weight excluding hydrogens is 883 g/mol. The Bertz CT molecular complexity index is 2620. The van der Waals surface area contributed by atoms with E-state index in [9.17, 15) is 9.59 Å². The Morgan fingerprint density at radius 3 is 1.56 bits per heavy atom. The van der Waals surface area contributed by atoms with E-state index >= 15 is 0 Å². The first-order valence-corrected chi connectivity index (χ1v) is 21.1. The molecule has 8 aromatic rings. The molecular formula is C48H48Cl2N10O6. The molecule has 4 aromatic heterocycles. The summed E-state index contributed by atoms with van der Waals surface area (Å²) >= 11 is 11.9. The molecule has 0 atom stereocenters. The molecule has 0 fully saturated rings. The third kappa shape index (κ3) is 14.8. The fraction of sp³-hybridized carbons (Fsp3) is 0.167. The standard InChI is InChI=1S/2C21H16ClN5O2.2C3H8O/c22-14-5-7-15(8-6-14)25-20-16-3-1-2-4-17(16)21(27-26-20)29-12-13-9-10-24-18(11-13)19(23)28;22-13-5-7-14(8-6-13)25-21-17-4-2-1-3-16(17)19(26-27-21)12-29-15-9-10-24-18(11-15)20(23)28;2*1-3-4-2/h1-11H,12H2,(H2,23,28)(H,25,26);1-11H,12H2,(H2,23,28)(H,25,27);2*3H2,1-2H3. The van der Waals surface area contributed by atoms with Crippen LogP contribution < -0.4 is 31.6 Å². The first-order valence-electron chi connectivity index (χ1n) is 20.3. The summed E-state index contributed by atoms with van der Waals surface area (Å²) in [4.78, 5) is 30.4. The van der Waals surface area contributed by atoms with Crippen molar-refractivity contribution in [1.29, 1.82) is 0 Å². The van der Waals surface area contributed by atoms with Gasteiger partial charge < -0.3 is 41.0 Å². The van der Waals surface area contributed by atoms with Crippen molar-refractivity contribution >= 4 is 79.6 Å². The van der Waals surface area contributed by atoms with Crippen LogP contribution in [0.25, 0.3) is 21.5 Å². The van der Waals surface area contributed by atoms with E-state index in [1.54, 1.807) is 56.7 Å². The molecule has 4 heterocycles. The summed E-state index contributed by atoms with van der Waals surface area (Å²) in [6, 6.07) is 36.6. The number of fused-ring (bicyclic) bond motifs is 2. The number of carbonyl (C=O) groups is 2. The normalized spacial score (nSPS) is 10.3. The van der Waals surface area contributed by atoms with E-state index in [-0.39, 0.29) is 24.6 Å². The van der Waals surface area contributed by atoms with Crippen LogP contribution in [0.4, 0.5) is 23.0 Å². The Labute approximate surface area is 391 Å². The van der Waals surface area contributed by atoms with Crippen molar-refractivity contribution in [3.05, 3.63) is 166 Å². The maximum absolute atomic E-state index is 11.3. The summed E-state index contributed by atoms with van der Waals surface area (Å²) in [6.07, 6.45) is 2.99. The van der Waals surface area contributed by atoms with Gasteiger partial charge in [-0.2, -0.15) is 0 Å². The number of aromatic nitrogens is 6. The Morgan fingerprint density at radius 2 is 1.03 bits per heavy atom. The van der Waals surface area contributed by atoms with Crippen LogP contribution in [0.5, 0.6) is 11.6 Å². The summed E-state index contributed by atoms with van der Waals surface area (Å²) in [5.74, 6) is 0.901. The number of hydrogen-bond acceptors (Lipinski definition) is 14. The minimum absolute atomic E-state index is 0.140. The average molecular weight is 932 g/mol. The number of benzene rings is 4. The molecule has 66 heavy (non-hydrogen) atoms. The number of anilines is 4. The van der Waals surface area contributed by atoms with Gasteiger partial charge in [0.2, 0.25) is 5.88 Å². The van der Waals surface area contributed by atoms with E-state index in [2.05, 4.69) is 50.5 Å². The number of methoxy groups -OCH3 is 2. The second kappa shape index (κ2) is 25.7. The molecule has 0 unspecified atom stereocenters. The predicted octanol–water partition coefficient (Wildman–Crippen LogP) is 9.50. The number of pyridine rings is 2. The number of rotatable bonds is 14. The number of nitrogens with zero attached hydrogens (tertiary/aromatic N) is 6. The number of amides is 2. The fourth-order valence-corrected chi connectivity index (χ4v) is 5.87. The maximum Gasteiger partial charge on any atom is 0.267 e. The largest absolute Gasteiger partial charge is 0.487 e. The van der Waals surface area contributed by atoms with E-state index in [1.165, 1.54) is 18.5 Å². The van der Waals surface area contributed by atoms with Gasteiger partial charge in [-0.05, 0) is 92.2 Å². The van der Waals surface area contributed by atoms with Crippen molar-refractivity contribution in [1.82, 2.24) is 30.4 Å². The van der Waals surface area contributed by atoms with Gasteiger partial charge in [0.25, 0.3) is 11.8 Å². The number of ether oxygens (including phenoxy) is 4. The number of hydrogen-bond donors (Lipinski definition) is 4. The zero-order valence-corrected chi connectivity index (χ0v) is 38.1. The number of nitrogens with one attached hydrogen (secondary N) is 2. The molecule has 18 heteroatoms. The quantitative estimate of drug-likeness (QED) is 0.0797. The van der Waals surface area contributed by atoms with Gasteiger partial charge in [-0.3, -0.25) is 19.6 Å². The van der Waals surface area contributed by atoms with E-state index < -0.39 is 11.8 Å². The molecule has 0 radical (unpaired) electrons. The third-order valence-electron chi connectivity index (χ3n) is 9.02. The van der Waals surface area contributed by atoms with Crippen molar-refractivity contribution in [2.24, 2.45) is 11.5 Å². The molecule has 0 aliphatic rings.